The van der Waals surface area contributed by atoms with Gasteiger partial charge in [0.15, 0.2) is 6.04 Å². The van der Waals surface area contributed by atoms with Crippen molar-refractivity contribution in [1.82, 2.24) is 4.98 Å². The van der Waals surface area contributed by atoms with Gasteiger partial charge in [0.25, 0.3) is 16.0 Å². The summed E-state index contributed by atoms with van der Waals surface area (Å²) in [6.45, 7) is 1.67. The summed E-state index contributed by atoms with van der Waals surface area (Å²) in [5, 5.41) is 15.8. The van der Waals surface area contributed by atoms with Crippen LogP contribution in [0.5, 0.6) is 0 Å². The van der Waals surface area contributed by atoms with E-state index in [9.17, 15) is 13.2 Å². The molecule has 0 radical (unpaired) electrons. The van der Waals surface area contributed by atoms with E-state index in [0.29, 0.717) is 16.5 Å². The highest BCUT2D eigenvalue weighted by Crippen LogP contribution is 2.31. The number of aromatic nitrogens is 1. The van der Waals surface area contributed by atoms with Crippen LogP contribution >= 0.6 is 27.3 Å². The third kappa shape index (κ3) is 4.61. The minimum Gasteiger partial charge on any atom is -0.282 e. The second kappa shape index (κ2) is 8.38. The molecule has 0 bridgehead atoms. The number of thiazole rings is 1. The molecule has 1 aliphatic rings. The van der Waals surface area contributed by atoms with Gasteiger partial charge in [-0.15, -0.1) is 11.3 Å². The highest BCUT2D eigenvalue weighted by atomic mass is 79.9. The topological polar surface area (TPSA) is 125 Å². The van der Waals surface area contributed by atoms with E-state index in [-0.39, 0.29) is 10.8 Å². The van der Waals surface area contributed by atoms with Gasteiger partial charge in [0.1, 0.15) is 0 Å². The van der Waals surface area contributed by atoms with E-state index in [1.807, 2.05) is 29.6 Å². The smallest absolute Gasteiger partial charge is 0.282 e. The average Bonchev–Trinajstić information content (AvgIpc) is 3.32. The van der Waals surface area contributed by atoms with Gasteiger partial charge in [0.2, 0.25) is 5.13 Å². The average molecular weight is 520 g/mol. The third-order valence-corrected chi connectivity index (χ3v) is 6.55. The zero-order valence-corrected chi connectivity index (χ0v) is 19.1. The molecular weight excluding hydrogens is 506 g/mol. The second-order valence-electron chi connectivity index (χ2n) is 6.50. The van der Waals surface area contributed by atoms with Gasteiger partial charge in [0.05, 0.1) is 22.0 Å². The van der Waals surface area contributed by atoms with Crippen molar-refractivity contribution >= 4 is 59.8 Å². The van der Waals surface area contributed by atoms with Crippen LogP contribution in [0.4, 0.5) is 10.8 Å². The van der Waals surface area contributed by atoms with Gasteiger partial charge in [-0.05, 0) is 43.3 Å². The SMILES string of the molecule is CC1=NN(c2nc(-c3ccc(Br)cc3)cs2)C(=O)[C@H]1N=Nc1ccc(S(=O)(=O)O)cc1. The van der Waals surface area contributed by atoms with Gasteiger partial charge in [-0.2, -0.15) is 28.8 Å². The number of amides is 1. The molecule has 9 nitrogen and oxygen atoms in total. The molecule has 0 saturated carbocycles. The zero-order chi connectivity index (χ0) is 22.2. The minimum absolute atomic E-state index is 0.252. The van der Waals surface area contributed by atoms with Crippen LogP contribution < -0.4 is 5.01 Å². The predicted molar refractivity (Wildman–Crippen MR) is 120 cm³/mol. The Bertz CT molecular complexity index is 1300. The number of carbonyl (C=O) groups is 1. The first-order chi connectivity index (χ1) is 14.7. The van der Waals surface area contributed by atoms with Crippen molar-refractivity contribution in [2.75, 3.05) is 5.01 Å². The molecule has 0 aliphatic carbocycles. The standard InChI is InChI=1S/C19H14BrN5O4S2/c1-11-17(23-22-14-6-8-15(9-7-14)31(27,28)29)18(26)25(24-11)19-21-16(10-30-19)12-2-4-13(20)5-3-12/h2-10,17H,1H3,(H,27,28,29)/t17-/m0/s1. The highest BCUT2D eigenvalue weighted by molar-refractivity contribution is 9.10. The number of nitrogens with zero attached hydrogens (tertiary/aromatic N) is 5. The molecule has 1 aromatic heterocycles. The molecule has 1 amide bonds. The first kappa shape index (κ1) is 21.4. The molecule has 3 aromatic rings. The Morgan fingerprint density at radius 1 is 1.13 bits per heavy atom. The van der Waals surface area contributed by atoms with Crippen LogP contribution in [0.15, 0.2) is 78.6 Å². The van der Waals surface area contributed by atoms with Crippen LogP contribution in [0.1, 0.15) is 6.92 Å². The molecule has 0 unspecified atom stereocenters. The van der Waals surface area contributed by atoms with E-state index >= 15 is 0 Å². The summed E-state index contributed by atoms with van der Waals surface area (Å²) < 4.78 is 32.2. The number of benzene rings is 2. The summed E-state index contributed by atoms with van der Waals surface area (Å²) in [6.07, 6.45) is 0. The summed E-state index contributed by atoms with van der Waals surface area (Å²) >= 11 is 4.69. The van der Waals surface area contributed by atoms with Crippen molar-refractivity contribution in [3.63, 3.8) is 0 Å². The van der Waals surface area contributed by atoms with E-state index in [0.717, 1.165) is 15.7 Å². The van der Waals surface area contributed by atoms with Gasteiger partial charge < -0.3 is 0 Å². The Balaban J connectivity index is 1.51. The van der Waals surface area contributed by atoms with Gasteiger partial charge in [-0.25, -0.2) is 4.98 Å². The van der Waals surface area contributed by atoms with E-state index in [2.05, 4.69) is 36.2 Å². The lowest BCUT2D eigenvalue weighted by molar-refractivity contribution is -0.117. The van der Waals surface area contributed by atoms with Crippen LogP contribution in [-0.2, 0) is 14.9 Å². The monoisotopic (exact) mass is 519 g/mol. The summed E-state index contributed by atoms with van der Waals surface area (Å²) in [4.78, 5) is 17.1. The molecule has 158 valence electrons. The summed E-state index contributed by atoms with van der Waals surface area (Å²) in [6, 6.07) is 11.9. The normalized spacial score (nSPS) is 16.9. The molecule has 1 aliphatic heterocycles. The van der Waals surface area contributed by atoms with Crippen molar-refractivity contribution in [2.24, 2.45) is 15.3 Å². The minimum atomic E-state index is -4.29. The van der Waals surface area contributed by atoms with Crippen LogP contribution in [-0.4, -0.2) is 35.6 Å². The Labute approximate surface area is 190 Å². The lowest BCUT2D eigenvalue weighted by Crippen LogP contribution is -2.29. The highest BCUT2D eigenvalue weighted by Gasteiger charge is 2.36. The number of azo groups is 1. The van der Waals surface area contributed by atoms with Gasteiger partial charge in [0, 0.05) is 15.4 Å². The first-order valence-electron chi connectivity index (χ1n) is 8.81. The van der Waals surface area contributed by atoms with Crippen LogP contribution in [0, 0.1) is 0 Å². The van der Waals surface area contributed by atoms with Crippen molar-refractivity contribution in [1.29, 1.82) is 0 Å². The maximum Gasteiger partial charge on any atom is 0.294 e. The third-order valence-electron chi connectivity index (χ3n) is 4.33. The first-order valence-corrected chi connectivity index (χ1v) is 11.9. The van der Waals surface area contributed by atoms with Gasteiger partial charge in [-0.3, -0.25) is 9.35 Å². The van der Waals surface area contributed by atoms with Crippen LogP contribution in [0.25, 0.3) is 11.3 Å². The molecule has 12 heteroatoms. The van der Waals surface area contributed by atoms with E-state index < -0.39 is 16.2 Å². The summed E-state index contributed by atoms with van der Waals surface area (Å²) in [5.74, 6) is -0.382. The Morgan fingerprint density at radius 2 is 1.81 bits per heavy atom. The van der Waals surface area contributed by atoms with Crippen molar-refractivity contribution in [3.8, 4) is 11.3 Å². The fourth-order valence-corrected chi connectivity index (χ4v) is 4.28. The van der Waals surface area contributed by atoms with Crippen LogP contribution in [0.3, 0.4) is 0 Å². The molecular formula is C19H14BrN5O4S2. The lowest BCUT2D eigenvalue weighted by Gasteiger charge is -2.08. The lowest BCUT2D eigenvalue weighted by atomic mass is 10.2. The summed E-state index contributed by atoms with van der Waals surface area (Å²) in [7, 11) is -4.29. The number of hydrogen-bond acceptors (Lipinski definition) is 8. The summed E-state index contributed by atoms with van der Waals surface area (Å²) in [5.41, 5.74) is 2.45. The Morgan fingerprint density at radius 3 is 2.45 bits per heavy atom. The maximum absolute atomic E-state index is 12.8. The Hall–Kier alpha value is -2.80. The largest absolute Gasteiger partial charge is 0.294 e. The number of hydrogen-bond donors (Lipinski definition) is 1. The van der Waals surface area contributed by atoms with Crippen molar-refractivity contribution in [2.45, 2.75) is 17.9 Å². The number of carbonyl (C=O) groups excluding carboxylic acids is 1. The molecule has 4 rings (SSSR count). The zero-order valence-electron chi connectivity index (χ0n) is 15.9. The number of hydrazone groups is 1. The second-order valence-corrected chi connectivity index (χ2v) is 9.67. The Kier molecular flexibility index (Phi) is 5.79. The van der Waals surface area contributed by atoms with E-state index in [1.165, 1.54) is 40.6 Å². The van der Waals surface area contributed by atoms with E-state index in [4.69, 9.17) is 4.55 Å². The van der Waals surface area contributed by atoms with E-state index in [1.54, 1.807) is 6.92 Å². The number of rotatable bonds is 5. The molecule has 2 aromatic carbocycles. The molecule has 0 fully saturated rings. The molecule has 1 atom stereocenters. The van der Waals surface area contributed by atoms with Crippen LogP contribution in [0.2, 0.25) is 0 Å². The molecule has 0 spiro atoms. The van der Waals surface area contributed by atoms with Crippen molar-refractivity contribution < 1.29 is 17.8 Å². The van der Waals surface area contributed by atoms with Crippen molar-refractivity contribution in [3.05, 3.63) is 58.4 Å². The molecule has 31 heavy (non-hydrogen) atoms. The number of halogens is 1. The van der Waals surface area contributed by atoms with Gasteiger partial charge >= 0.3 is 0 Å². The quantitative estimate of drug-likeness (QED) is 0.386. The van der Waals surface area contributed by atoms with Gasteiger partial charge in [-0.1, -0.05) is 28.1 Å². The number of anilines is 1. The fourth-order valence-electron chi connectivity index (χ4n) is 2.75. The molecule has 0 saturated heterocycles. The fraction of sp³-hybridized carbons (Fsp3) is 0.105. The molecule has 1 N–H and O–H groups in total. The maximum atomic E-state index is 12.8. The molecule has 2 heterocycles. The predicted octanol–water partition coefficient (Wildman–Crippen LogP) is 4.69.